The van der Waals surface area contributed by atoms with E-state index < -0.39 is 0 Å². The maximum absolute atomic E-state index is 11.8. The van der Waals surface area contributed by atoms with Crippen LogP contribution in [-0.2, 0) is 4.79 Å². The zero-order chi connectivity index (χ0) is 10.4. The number of nitrogens with zero attached hydrogens (tertiary/aromatic N) is 3. The standard InChI is InChI=1S/C11H9N3O/c1-14-11(15)10-8(6-12-14)7-4-2-3-5-9(7)13-10/h2-6,8H,1H3. The second-order valence-corrected chi connectivity index (χ2v) is 3.63. The summed E-state index contributed by atoms with van der Waals surface area (Å²) in [5.41, 5.74) is 2.53. The molecule has 15 heavy (non-hydrogen) atoms. The first-order valence-electron chi connectivity index (χ1n) is 4.77. The van der Waals surface area contributed by atoms with Crippen molar-refractivity contribution in [2.24, 2.45) is 10.1 Å². The van der Waals surface area contributed by atoms with Gasteiger partial charge in [-0.25, -0.2) is 10.0 Å². The summed E-state index contributed by atoms with van der Waals surface area (Å²) in [6.07, 6.45) is 1.77. The third-order valence-corrected chi connectivity index (χ3v) is 2.71. The van der Waals surface area contributed by atoms with Crippen molar-refractivity contribution in [2.75, 3.05) is 7.05 Å². The molecule has 2 aliphatic rings. The molecule has 0 fully saturated rings. The summed E-state index contributed by atoms with van der Waals surface area (Å²) in [4.78, 5) is 16.1. The van der Waals surface area contributed by atoms with E-state index in [1.807, 2.05) is 24.3 Å². The number of rotatable bonds is 0. The predicted octanol–water partition coefficient (Wildman–Crippen LogP) is 1.31. The molecule has 0 saturated carbocycles. The Bertz CT molecular complexity index is 504. The van der Waals surface area contributed by atoms with Crippen LogP contribution in [0.15, 0.2) is 34.4 Å². The van der Waals surface area contributed by atoms with Crippen LogP contribution in [0.3, 0.4) is 0 Å². The molecule has 0 radical (unpaired) electrons. The van der Waals surface area contributed by atoms with Crippen molar-refractivity contribution < 1.29 is 4.79 Å². The highest BCUT2D eigenvalue weighted by atomic mass is 16.2. The largest absolute Gasteiger partial charge is 0.289 e. The average Bonchev–Trinajstić information content (AvgIpc) is 2.63. The van der Waals surface area contributed by atoms with Crippen molar-refractivity contribution in [3.63, 3.8) is 0 Å². The van der Waals surface area contributed by atoms with Gasteiger partial charge in [-0.3, -0.25) is 4.79 Å². The molecule has 1 aromatic carbocycles. The van der Waals surface area contributed by atoms with E-state index in [-0.39, 0.29) is 11.8 Å². The monoisotopic (exact) mass is 199 g/mol. The second-order valence-electron chi connectivity index (χ2n) is 3.63. The summed E-state index contributed by atoms with van der Waals surface area (Å²) in [6, 6.07) is 7.78. The van der Waals surface area contributed by atoms with Crippen LogP contribution in [0.4, 0.5) is 5.69 Å². The summed E-state index contributed by atoms with van der Waals surface area (Å²) >= 11 is 0. The van der Waals surface area contributed by atoms with Crippen molar-refractivity contribution >= 4 is 23.5 Å². The van der Waals surface area contributed by atoms with Gasteiger partial charge in [0.1, 0.15) is 5.71 Å². The number of hydrogen-bond acceptors (Lipinski definition) is 3. The average molecular weight is 199 g/mol. The van der Waals surface area contributed by atoms with E-state index in [0.29, 0.717) is 5.71 Å². The normalized spacial score (nSPS) is 22.5. The molecule has 1 unspecified atom stereocenters. The van der Waals surface area contributed by atoms with Gasteiger partial charge in [0, 0.05) is 13.3 Å². The molecule has 1 amide bonds. The predicted molar refractivity (Wildman–Crippen MR) is 57.5 cm³/mol. The van der Waals surface area contributed by atoms with Gasteiger partial charge < -0.3 is 0 Å². The minimum atomic E-state index is -0.112. The van der Waals surface area contributed by atoms with Crippen LogP contribution in [0.2, 0.25) is 0 Å². The topological polar surface area (TPSA) is 45.0 Å². The Kier molecular flexibility index (Phi) is 1.54. The van der Waals surface area contributed by atoms with Crippen molar-refractivity contribution in [2.45, 2.75) is 5.92 Å². The van der Waals surface area contributed by atoms with E-state index in [0.717, 1.165) is 11.3 Å². The van der Waals surface area contributed by atoms with Crippen LogP contribution < -0.4 is 0 Å². The Morgan fingerprint density at radius 3 is 3.00 bits per heavy atom. The Balaban J connectivity index is 2.18. The van der Waals surface area contributed by atoms with Crippen LogP contribution in [-0.4, -0.2) is 29.9 Å². The number of carbonyl (C=O) groups is 1. The molecule has 0 saturated heterocycles. The van der Waals surface area contributed by atoms with Gasteiger partial charge in [0.25, 0.3) is 5.91 Å². The lowest BCUT2D eigenvalue weighted by Gasteiger charge is -2.19. The number of benzene rings is 1. The Morgan fingerprint density at radius 1 is 1.33 bits per heavy atom. The van der Waals surface area contributed by atoms with Crippen LogP contribution in [0.5, 0.6) is 0 Å². The van der Waals surface area contributed by atoms with Gasteiger partial charge in [0.2, 0.25) is 0 Å². The fraction of sp³-hybridized carbons (Fsp3) is 0.182. The minimum absolute atomic E-state index is 0.0510. The summed E-state index contributed by atoms with van der Waals surface area (Å²) in [5.74, 6) is -0.163. The van der Waals surface area contributed by atoms with Gasteiger partial charge in [-0.2, -0.15) is 5.10 Å². The third kappa shape index (κ3) is 1.05. The fourth-order valence-corrected chi connectivity index (χ4v) is 1.92. The second kappa shape index (κ2) is 2.76. The minimum Gasteiger partial charge on any atom is -0.266 e. The number of hydrogen-bond donors (Lipinski definition) is 0. The van der Waals surface area contributed by atoms with E-state index in [9.17, 15) is 4.79 Å². The number of para-hydroxylation sites is 1. The first-order valence-corrected chi connectivity index (χ1v) is 4.77. The van der Waals surface area contributed by atoms with Crippen LogP contribution >= 0.6 is 0 Å². The fourth-order valence-electron chi connectivity index (χ4n) is 1.92. The zero-order valence-corrected chi connectivity index (χ0v) is 8.21. The molecule has 0 aromatic heterocycles. The molecule has 0 N–H and O–H groups in total. The maximum atomic E-state index is 11.8. The summed E-state index contributed by atoms with van der Waals surface area (Å²) in [6.45, 7) is 0. The number of hydrazone groups is 1. The van der Waals surface area contributed by atoms with Gasteiger partial charge in [-0.05, 0) is 11.6 Å². The number of amides is 1. The molecule has 0 bridgehead atoms. The Labute approximate surface area is 86.9 Å². The molecule has 3 rings (SSSR count). The van der Waals surface area contributed by atoms with Gasteiger partial charge in [0.15, 0.2) is 0 Å². The van der Waals surface area contributed by atoms with Crippen LogP contribution in [0, 0.1) is 0 Å². The lowest BCUT2D eigenvalue weighted by Crippen LogP contribution is -2.36. The number of fused-ring (bicyclic) bond motifs is 3. The number of aliphatic imine (C=N–C) groups is 1. The SMILES string of the molecule is CN1N=CC2C(=Nc3ccccc32)C1=O. The molecule has 74 valence electrons. The highest BCUT2D eigenvalue weighted by Crippen LogP contribution is 2.35. The lowest BCUT2D eigenvalue weighted by atomic mass is 9.96. The quantitative estimate of drug-likeness (QED) is 0.621. The van der Waals surface area contributed by atoms with E-state index in [4.69, 9.17) is 0 Å². The lowest BCUT2D eigenvalue weighted by molar-refractivity contribution is -0.123. The van der Waals surface area contributed by atoms with Gasteiger partial charge in [-0.15, -0.1) is 0 Å². The highest BCUT2D eigenvalue weighted by molar-refractivity contribution is 6.46. The molecule has 0 spiro atoms. The van der Waals surface area contributed by atoms with Crippen molar-refractivity contribution in [1.29, 1.82) is 0 Å². The molecular formula is C11H9N3O. The maximum Gasteiger partial charge on any atom is 0.289 e. The van der Waals surface area contributed by atoms with E-state index in [1.54, 1.807) is 13.3 Å². The highest BCUT2D eigenvalue weighted by Gasteiger charge is 2.34. The molecular weight excluding hydrogens is 190 g/mol. The van der Waals surface area contributed by atoms with Crippen LogP contribution in [0.1, 0.15) is 11.5 Å². The summed E-state index contributed by atoms with van der Waals surface area (Å²) in [7, 11) is 1.64. The van der Waals surface area contributed by atoms with Crippen LogP contribution in [0.25, 0.3) is 0 Å². The van der Waals surface area contributed by atoms with Crippen molar-refractivity contribution in [3.05, 3.63) is 29.8 Å². The molecule has 4 heteroatoms. The molecule has 1 aromatic rings. The van der Waals surface area contributed by atoms with E-state index in [1.165, 1.54) is 5.01 Å². The van der Waals surface area contributed by atoms with E-state index >= 15 is 0 Å². The van der Waals surface area contributed by atoms with E-state index in [2.05, 4.69) is 10.1 Å². The van der Waals surface area contributed by atoms with Gasteiger partial charge in [0.05, 0.1) is 11.6 Å². The first-order chi connectivity index (χ1) is 7.27. The van der Waals surface area contributed by atoms with Crippen molar-refractivity contribution in [1.82, 2.24) is 5.01 Å². The Hall–Kier alpha value is -1.97. The molecule has 4 nitrogen and oxygen atoms in total. The smallest absolute Gasteiger partial charge is 0.266 e. The van der Waals surface area contributed by atoms with Gasteiger partial charge in [-0.1, -0.05) is 18.2 Å². The first kappa shape index (κ1) is 8.35. The van der Waals surface area contributed by atoms with Crippen molar-refractivity contribution in [3.8, 4) is 0 Å². The third-order valence-electron chi connectivity index (χ3n) is 2.71. The summed E-state index contributed by atoms with van der Waals surface area (Å²) < 4.78 is 0. The Morgan fingerprint density at radius 2 is 2.13 bits per heavy atom. The number of carbonyl (C=O) groups excluding carboxylic acids is 1. The summed E-state index contributed by atoms with van der Waals surface area (Å²) in [5, 5.41) is 5.35. The zero-order valence-electron chi connectivity index (χ0n) is 8.21. The molecule has 2 aliphatic heterocycles. The molecule has 1 atom stereocenters. The molecule has 0 aliphatic carbocycles. The molecule has 2 heterocycles. The van der Waals surface area contributed by atoms with Gasteiger partial charge >= 0.3 is 0 Å².